The van der Waals surface area contributed by atoms with Gasteiger partial charge in [0.15, 0.2) is 0 Å². The van der Waals surface area contributed by atoms with Gasteiger partial charge in [0.25, 0.3) is 0 Å². The maximum atomic E-state index is 13.3. The molecule has 1 saturated heterocycles. The van der Waals surface area contributed by atoms with Crippen LogP contribution in [0.3, 0.4) is 0 Å². The third-order valence-electron chi connectivity index (χ3n) is 5.22. The minimum absolute atomic E-state index is 0.226. The number of likely N-dealkylation sites (N-methyl/N-ethyl adjacent to an activating group) is 1. The molecule has 0 atom stereocenters. The third kappa shape index (κ3) is 4.66. The topological polar surface area (TPSA) is 78.7 Å². The number of hydrogen-bond acceptors (Lipinski definition) is 5. The lowest BCUT2D eigenvalue weighted by Crippen LogP contribution is -2.42. The van der Waals surface area contributed by atoms with E-state index in [1.165, 1.54) is 16.4 Å². The second kappa shape index (κ2) is 8.64. The van der Waals surface area contributed by atoms with Crippen molar-refractivity contribution < 1.29 is 17.9 Å². The first-order valence-electron chi connectivity index (χ1n) is 9.38. The number of piperidine rings is 1. The van der Waals surface area contributed by atoms with Crippen LogP contribution in [0.25, 0.3) is 10.9 Å². The molecule has 0 saturated carbocycles. The maximum Gasteiger partial charge on any atom is 0.216 e. The summed E-state index contributed by atoms with van der Waals surface area (Å²) in [4.78, 5) is 2.26. The Bertz CT molecular complexity index is 863. The average Bonchev–Trinajstić information content (AvgIpc) is 3.05. The molecule has 9 heteroatoms. The molecule has 7 nitrogen and oxygen atoms in total. The van der Waals surface area contributed by atoms with Crippen LogP contribution in [0.4, 0.5) is 4.39 Å². The van der Waals surface area contributed by atoms with Crippen LogP contribution in [0.1, 0.15) is 25.8 Å². The molecule has 1 N–H and O–H groups in total. The Kier molecular flexibility index (Phi) is 6.46. The quantitative estimate of drug-likeness (QED) is 0.728. The third-order valence-corrected chi connectivity index (χ3v) is 7.15. The predicted molar refractivity (Wildman–Crippen MR) is 103 cm³/mol. The van der Waals surface area contributed by atoms with Crippen LogP contribution < -0.4 is 0 Å². The predicted octanol–water partition coefficient (Wildman–Crippen LogP) is 1.46. The van der Waals surface area contributed by atoms with Crippen molar-refractivity contribution in [3.8, 4) is 0 Å². The van der Waals surface area contributed by atoms with Crippen LogP contribution in [-0.2, 0) is 10.0 Å². The molecular formula is C18H27FN4O3S. The van der Waals surface area contributed by atoms with Crippen LogP contribution >= 0.6 is 0 Å². The molecule has 2 aromatic rings. The summed E-state index contributed by atoms with van der Waals surface area (Å²) in [6.45, 7) is 4.72. The van der Waals surface area contributed by atoms with E-state index in [4.69, 9.17) is 5.11 Å². The highest BCUT2D eigenvalue weighted by molar-refractivity contribution is 7.89. The first-order chi connectivity index (χ1) is 12.9. The average molecular weight is 399 g/mol. The zero-order chi connectivity index (χ0) is 19.4. The molecule has 1 aromatic heterocycles. The summed E-state index contributed by atoms with van der Waals surface area (Å²) < 4.78 is 41.0. The van der Waals surface area contributed by atoms with Gasteiger partial charge >= 0.3 is 0 Å². The van der Waals surface area contributed by atoms with Crippen LogP contribution in [0.15, 0.2) is 24.4 Å². The van der Waals surface area contributed by atoms with E-state index < -0.39 is 10.0 Å². The van der Waals surface area contributed by atoms with Crippen molar-refractivity contribution in [2.45, 2.75) is 25.8 Å². The zero-order valence-corrected chi connectivity index (χ0v) is 16.4. The highest BCUT2D eigenvalue weighted by Crippen LogP contribution is 2.26. The number of rotatable bonds is 8. The van der Waals surface area contributed by atoms with E-state index in [1.807, 2.05) is 11.6 Å². The van der Waals surface area contributed by atoms with Gasteiger partial charge in [-0.05, 0) is 31.0 Å². The number of benzene rings is 1. The number of aromatic nitrogens is 2. The molecule has 1 aliphatic rings. The monoisotopic (exact) mass is 398 g/mol. The van der Waals surface area contributed by atoms with Gasteiger partial charge in [0.1, 0.15) is 5.82 Å². The van der Waals surface area contributed by atoms with Gasteiger partial charge in [-0.2, -0.15) is 5.10 Å². The molecule has 0 radical (unpaired) electrons. The van der Waals surface area contributed by atoms with Gasteiger partial charge in [0.2, 0.25) is 10.0 Å². The number of nitrogens with zero attached hydrogens (tertiary/aromatic N) is 4. The molecule has 2 heterocycles. The first kappa shape index (κ1) is 20.2. The van der Waals surface area contributed by atoms with Crippen LogP contribution in [0, 0.1) is 5.82 Å². The van der Waals surface area contributed by atoms with E-state index in [0.717, 1.165) is 36.8 Å². The summed E-state index contributed by atoms with van der Waals surface area (Å²) in [6, 6.07) is 5.00. The number of aliphatic hydroxyl groups excluding tert-OH is 1. The van der Waals surface area contributed by atoms with Gasteiger partial charge in [-0.25, -0.2) is 17.1 Å². The fourth-order valence-electron chi connectivity index (χ4n) is 3.69. The molecule has 0 unspecified atom stereocenters. The van der Waals surface area contributed by atoms with E-state index in [2.05, 4.69) is 10.00 Å². The van der Waals surface area contributed by atoms with Gasteiger partial charge in [0.05, 0.1) is 30.1 Å². The Hall–Kier alpha value is -1.55. The molecule has 0 spiro atoms. The lowest BCUT2D eigenvalue weighted by Gasteiger charge is -2.33. The van der Waals surface area contributed by atoms with Crippen LogP contribution in [0.2, 0.25) is 0 Å². The Labute approximate surface area is 159 Å². The number of likely N-dealkylation sites (tertiary alicyclic amines) is 1. The minimum Gasteiger partial charge on any atom is -0.395 e. The van der Waals surface area contributed by atoms with Crippen molar-refractivity contribution in [2.24, 2.45) is 0 Å². The molecule has 1 aromatic carbocycles. The summed E-state index contributed by atoms with van der Waals surface area (Å²) in [7, 11) is -3.39. The van der Waals surface area contributed by atoms with E-state index in [1.54, 1.807) is 12.3 Å². The Morgan fingerprint density at radius 3 is 2.74 bits per heavy atom. The highest BCUT2D eigenvalue weighted by atomic mass is 32.2. The summed E-state index contributed by atoms with van der Waals surface area (Å²) in [5, 5.41) is 14.2. The van der Waals surface area contributed by atoms with E-state index >= 15 is 0 Å². The summed E-state index contributed by atoms with van der Waals surface area (Å²) in [5.41, 5.74) is 0.946. The number of fused-ring (bicyclic) bond motifs is 1. The number of halogens is 1. The van der Waals surface area contributed by atoms with Gasteiger partial charge < -0.3 is 10.0 Å². The van der Waals surface area contributed by atoms with E-state index in [0.29, 0.717) is 19.6 Å². The highest BCUT2D eigenvalue weighted by Gasteiger charge is 2.24. The fourth-order valence-corrected chi connectivity index (χ4v) is 4.94. The molecule has 27 heavy (non-hydrogen) atoms. The smallest absolute Gasteiger partial charge is 0.216 e. The van der Waals surface area contributed by atoms with Crippen molar-refractivity contribution in [1.29, 1.82) is 0 Å². The second-order valence-electron chi connectivity index (χ2n) is 6.90. The van der Waals surface area contributed by atoms with E-state index in [-0.39, 0.29) is 24.2 Å². The lowest BCUT2D eigenvalue weighted by atomic mass is 10.0. The normalized spacial score (nSPS) is 17.2. The lowest BCUT2D eigenvalue weighted by molar-refractivity contribution is 0.173. The van der Waals surface area contributed by atoms with Crippen LogP contribution in [-0.4, -0.2) is 77.6 Å². The Morgan fingerprint density at radius 1 is 1.33 bits per heavy atom. The number of hydrogen-bond donors (Lipinski definition) is 1. The number of sulfonamides is 1. The van der Waals surface area contributed by atoms with Crippen molar-refractivity contribution >= 4 is 20.9 Å². The first-order valence-corrected chi connectivity index (χ1v) is 11.0. The van der Waals surface area contributed by atoms with Gasteiger partial charge in [0, 0.05) is 38.1 Å². The summed E-state index contributed by atoms with van der Waals surface area (Å²) in [6.07, 6.45) is 3.54. The SMILES string of the molecule is CCN(CCN1CCC(n2ncc3cc(F)ccc32)CC1)S(=O)(=O)CCO. The molecule has 150 valence electrons. The summed E-state index contributed by atoms with van der Waals surface area (Å²) >= 11 is 0. The zero-order valence-electron chi connectivity index (χ0n) is 15.6. The van der Waals surface area contributed by atoms with Crippen molar-refractivity contribution in [3.05, 3.63) is 30.2 Å². The standard InChI is InChI=1S/C18H27FN4O3S/c1-2-22(27(25,26)12-11-24)10-9-21-7-5-17(6-8-21)23-18-4-3-16(19)13-15(18)14-20-23/h3-4,13-14,17,24H,2,5-12H2,1H3. The minimum atomic E-state index is -3.39. The Morgan fingerprint density at radius 2 is 2.07 bits per heavy atom. The molecule has 0 amide bonds. The summed E-state index contributed by atoms with van der Waals surface area (Å²) in [5.74, 6) is -0.482. The maximum absolute atomic E-state index is 13.3. The van der Waals surface area contributed by atoms with Crippen molar-refractivity contribution in [1.82, 2.24) is 19.0 Å². The van der Waals surface area contributed by atoms with E-state index in [9.17, 15) is 12.8 Å². The molecule has 1 fully saturated rings. The molecule has 1 aliphatic heterocycles. The molecule has 0 bridgehead atoms. The van der Waals surface area contributed by atoms with Crippen molar-refractivity contribution in [2.75, 3.05) is 45.1 Å². The van der Waals surface area contributed by atoms with Gasteiger partial charge in [-0.1, -0.05) is 6.92 Å². The Balaban J connectivity index is 1.55. The van der Waals surface area contributed by atoms with Gasteiger partial charge in [-0.15, -0.1) is 0 Å². The number of aliphatic hydroxyl groups is 1. The van der Waals surface area contributed by atoms with Crippen molar-refractivity contribution in [3.63, 3.8) is 0 Å². The fraction of sp³-hybridized carbons (Fsp3) is 0.611. The largest absolute Gasteiger partial charge is 0.395 e. The second-order valence-corrected chi connectivity index (χ2v) is 8.98. The molecule has 3 rings (SSSR count). The van der Waals surface area contributed by atoms with Crippen LogP contribution in [0.5, 0.6) is 0 Å². The van der Waals surface area contributed by atoms with Gasteiger partial charge in [-0.3, -0.25) is 4.68 Å². The molecular weight excluding hydrogens is 371 g/mol. The molecule has 0 aliphatic carbocycles.